The normalized spacial score (nSPS) is 15.5. The zero-order valence-electron chi connectivity index (χ0n) is 13.2. The Balaban J connectivity index is 1.81. The fraction of sp³-hybridized carbons (Fsp3) is 0.333. The minimum Gasteiger partial charge on any atom is -0.313 e. The van der Waals surface area contributed by atoms with Gasteiger partial charge in [-0.2, -0.15) is 5.26 Å². The number of aromatic nitrogens is 3. The van der Waals surface area contributed by atoms with E-state index in [4.69, 9.17) is 11.6 Å². The number of fused-ring (bicyclic) bond motifs is 1. The van der Waals surface area contributed by atoms with Crippen molar-refractivity contribution in [2.45, 2.75) is 38.1 Å². The first-order chi connectivity index (χ1) is 11.7. The largest absolute Gasteiger partial charge is 0.313 e. The maximum absolute atomic E-state index is 12.5. The summed E-state index contributed by atoms with van der Waals surface area (Å²) >= 11 is 5.84. The number of rotatable bonds is 4. The van der Waals surface area contributed by atoms with Crippen molar-refractivity contribution in [2.75, 3.05) is 0 Å². The van der Waals surface area contributed by atoms with E-state index in [0.29, 0.717) is 10.8 Å². The molecule has 5 nitrogen and oxygen atoms in total. The molecule has 0 aliphatic carbocycles. The summed E-state index contributed by atoms with van der Waals surface area (Å²) in [6, 6.07) is 9.22. The summed E-state index contributed by atoms with van der Waals surface area (Å²) in [4.78, 5) is 12.5. The third-order valence-corrected chi connectivity index (χ3v) is 4.37. The molecular weight excluding hydrogens is 324 g/mol. The Morgan fingerprint density at radius 2 is 2.04 bits per heavy atom. The van der Waals surface area contributed by atoms with Crippen LogP contribution in [-0.4, -0.2) is 20.5 Å². The molecule has 6 heteroatoms. The molecule has 0 fully saturated rings. The summed E-state index contributed by atoms with van der Waals surface area (Å²) in [6.07, 6.45) is 7.17. The highest BCUT2D eigenvalue weighted by Crippen LogP contribution is 2.21. The fourth-order valence-corrected chi connectivity index (χ4v) is 2.94. The van der Waals surface area contributed by atoms with Gasteiger partial charge in [-0.1, -0.05) is 36.2 Å². The Hall–Kier alpha value is -2.45. The van der Waals surface area contributed by atoms with Gasteiger partial charge in [0.25, 0.3) is 0 Å². The molecule has 0 unspecified atom stereocenters. The third-order valence-electron chi connectivity index (χ3n) is 4.12. The van der Waals surface area contributed by atoms with Crippen LogP contribution in [0.5, 0.6) is 0 Å². The van der Waals surface area contributed by atoms with E-state index in [1.54, 1.807) is 18.2 Å². The number of ketones is 1. The molecule has 2 heterocycles. The van der Waals surface area contributed by atoms with Crippen LogP contribution in [0.1, 0.15) is 42.4 Å². The summed E-state index contributed by atoms with van der Waals surface area (Å²) in [5.41, 5.74) is 0.851. The van der Waals surface area contributed by atoms with E-state index < -0.39 is 5.92 Å². The number of nitrogens with zero attached hydrogens (tertiary/aromatic N) is 4. The topological polar surface area (TPSA) is 71.6 Å². The van der Waals surface area contributed by atoms with Crippen molar-refractivity contribution in [1.29, 1.82) is 5.26 Å². The summed E-state index contributed by atoms with van der Waals surface area (Å²) in [6.45, 7) is 0.768. The standard InChI is InChI=1S/C18H17ClN4O/c19-14-8-5-13(6-9-14)7-10-16(24)15(12-20)18-22-21-17-4-2-1-3-11-23(17)18/h5-10,15H,1-4,11H2/b10-7+/t15-/m0/s1. The van der Waals surface area contributed by atoms with E-state index in [1.165, 1.54) is 6.08 Å². The Bertz CT molecular complexity index is 801. The zero-order valence-corrected chi connectivity index (χ0v) is 13.9. The first-order valence-electron chi connectivity index (χ1n) is 7.98. The van der Waals surface area contributed by atoms with Crippen LogP contribution < -0.4 is 0 Å². The lowest BCUT2D eigenvalue weighted by atomic mass is 10.0. The Morgan fingerprint density at radius 3 is 2.79 bits per heavy atom. The van der Waals surface area contributed by atoms with Crippen molar-refractivity contribution in [3.8, 4) is 6.07 Å². The summed E-state index contributed by atoms with van der Waals surface area (Å²) < 4.78 is 1.94. The van der Waals surface area contributed by atoms with Crippen LogP contribution >= 0.6 is 11.6 Å². The lowest BCUT2D eigenvalue weighted by Gasteiger charge is -2.09. The first kappa shape index (κ1) is 16.4. The highest BCUT2D eigenvalue weighted by Gasteiger charge is 2.26. The van der Waals surface area contributed by atoms with Gasteiger partial charge in [0, 0.05) is 18.0 Å². The van der Waals surface area contributed by atoms with E-state index in [2.05, 4.69) is 16.3 Å². The smallest absolute Gasteiger partial charge is 0.180 e. The zero-order chi connectivity index (χ0) is 16.9. The summed E-state index contributed by atoms with van der Waals surface area (Å²) in [5.74, 6) is 0.122. The molecule has 0 amide bonds. The Kier molecular flexibility index (Phi) is 5.07. The van der Waals surface area contributed by atoms with Crippen molar-refractivity contribution in [2.24, 2.45) is 0 Å². The molecule has 0 spiro atoms. The number of benzene rings is 1. The molecule has 1 aliphatic rings. The predicted molar refractivity (Wildman–Crippen MR) is 91.4 cm³/mol. The monoisotopic (exact) mass is 340 g/mol. The minimum atomic E-state index is -0.923. The van der Waals surface area contributed by atoms with Crippen LogP contribution in [0.4, 0.5) is 0 Å². The Labute approximate surface area is 145 Å². The van der Waals surface area contributed by atoms with Crippen LogP contribution in [-0.2, 0) is 17.8 Å². The van der Waals surface area contributed by atoms with Gasteiger partial charge in [-0.15, -0.1) is 10.2 Å². The number of carbonyl (C=O) groups excluding carboxylic acids is 1. The number of nitriles is 1. The van der Waals surface area contributed by atoms with Crippen LogP contribution in [0.3, 0.4) is 0 Å². The second-order valence-electron chi connectivity index (χ2n) is 5.79. The highest BCUT2D eigenvalue weighted by atomic mass is 35.5. The van der Waals surface area contributed by atoms with Gasteiger partial charge in [0.15, 0.2) is 17.5 Å². The number of carbonyl (C=O) groups is 1. The van der Waals surface area contributed by atoms with Gasteiger partial charge in [-0.25, -0.2) is 0 Å². The molecule has 1 atom stereocenters. The molecule has 0 bridgehead atoms. The van der Waals surface area contributed by atoms with Crippen LogP contribution in [0.15, 0.2) is 30.3 Å². The molecule has 1 aliphatic heterocycles. The van der Waals surface area contributed by atoms with Crippen molar-refractivity contribution in [3.05, 3.63) is 52.6 Å². The number of aryl methyl sites for hydroxylation is 1. The maximum atomic E-state index is 12.5. The van der Waals surface area contributed by atoms with Gasteiger partial charge in [-0.3, -0.25) is 4.79 Å². The minimum absolute atomic E-state index is 0.285. The number of halogens is 1. The average molecular weight is 341 g/mol. The van der Waals surface area contributed by atoms with Crippen LogP contribution in [0.25, 0.3) is 6.08 Å². The van der Waals surface area contributed by atoms with Gasteiger partial charge in [0.05, 0.1) is 6.07 Å². The molecule has 1 aromatic carbocycles. The van der Waals surface area contributed by atoms with Crippen LogP contribution in [0.2, 0.25) is 5.02 Å². The lowest BCUT2D eigenvalue weighted by Crippen LogP contribution is -2.15. The van der Waals surface area contributed by atoms with E-state index in [9.17, 15) is 10.1 Å². The lowest BCUT2D eigenvalue weighted by molar-refractivity contribution is -0.115. The van der Waals surface area contributed by atoms with Crippen LogP contribution in [0, 0.1) is 11.3 Å². The summed E-state index contributed by atoms with van der Waals surface area (Å²) in [5, 5.41) is 18.4. The number of hydrogen-bond acceptors (Lipinski definition) is 4. The molecule has 0 saturated heterocycles. The molecule has 0 saturated carbocycles. The van der Waals surface area contributed by atoms with E-state index in [1.807, 2.05) is 16.7 Å². The van der Waals surface area contributed by atoms with Gasteiger partial charge in [0.2, 0.25) is 0 Å². The van der Waals surface area contributed by atoms with Crippen molar-refractivity contribution in [1.82, 2.24) is 14.8 Å². The van der Waals surface area contributed by atoms with Gasteiger partial charge >= 0.3 is 0 Å². The number of allylic oxidation sites excluding steroid dienone is 1. The quantitative estimate of drug-likeness (QED) is 0.798. The molecule has 0 radical (unpaired) electrons. The molecule has 1 aromatic heterocycles. The van der Waals surface area contributed by atoms with E-state index in [0.717, 1.165) is 43.6 Å². The average Bonchev–Trinajstić information content (AvgIpc) is 2.83. The molecule has 24 heavy (non-hydrogen) atoms. The van der Waals surface area contributed by atoms with Crippen molar-refractivity contribution in [3.63, 3.8) is 0 Å². The van der Waals surface area contributed by atoms with Gasteiger partial charge < -0.3 is 4.57 Å². The molecule has 122 valence electrons. The maximum Gasteiger partial charge on any atom is 0.180 e. The third kappa shape index (κ3) is 3.55. The van der Waals surface area contributed by atoms with E-state index >= 15 is 0 Å². The SMILES string of the molecule is N#C[C@@H](C(=O)/C=C/c1ccc(Cl)cc1)c1nnc2n1CCCCC2. The highest BCUT2D eigenvalue weighted by molar-refractivity contribution is 6.30. The first-order valence-corrected chi connectivity index (χ1v) is 8.36. The fourth-order valence-electron chi connectivity index (χ4n) is 2.82. The Morgan fingerprint density at radius 1 is 1.25 bits per heavy atom. The van der Waals surface area contributed by atoms with E-state index in [-0.39, 0.29) is 5.78 Å². The molecule has 0 N–H and O–H groups in total. The second-order valence-corrected chi connectivity index (χ2v) is 6.22. The molecule has 2 aromatic rings. The van der Waals surface area contributed by atoms with Gasteiger partial charge in [-0.05, 0) is 36.6 Å². The summed E-state index contributed by atoms with van der Waals surface area (Å²) in [7, 11) is 0. The second kappa shape index (κ2) is 7.41. The molecular formula is C18H17ClN4O. The predicted octanol–water partition coefficient (Wildman–Crippen LogP) is 3.55. The van der Waals surface area contributed by atoms with Gasteiger partial charge in [0.1, 0.15) is 5.82 Å². The van der Waals surface area contributed by atoms with Crippen molar-refractivity contribution < 1.29 is 4.79 Å². The number of hydrogen-bond donors (Lipinski definition) is 0. The molecule has 3 rings (SSSR count). The van der Waals surface area contributed by atoms with Crippen molar-refractivity contribution >= 4 is 23.5 Å².